The fraction of sp³-hybridized carbons (Fsp3) is 1.00. The molecule has 4 heteroatoms. The Morgan fingerprint density at radius 1 is 1.44 bits per heavy atom. The van der Waals surface area contributed by atoms with Gasteiger partial charge in [0, 0.05) is 0 Å². The molecule has 58 valence electrons. The van der Waals surface area contributed by atoms with Crippen LogP contribution in [0.3, 0.4) is 0 Å². The number of hydrogen-bond donors (Lipinski definition) is 0. The fourth-order valence-electron chi connectivity index (χ4n) is 0.288. The number of rotatable bonds is 2. The summed E-state index contributed by atoms with van der Waals surface area (Å²) in [6.45, 7) is 3.44. The average Bonchev–Trinajstić information content (AvgIpc) is 1.62. The van der Waals surface area contributed by atoms with Crippen molar-refractivity contribution in [2.24, 2.45) is 0 Å². The van der Waals surface area contributed by atoms with Gasteiger partial charge in [-0.05, 0) is 0 Å². The molecule has 0 heterocycles. The summed E-state index contributed by atoms with van der Waals surface area (Å²) in [7, 11) is 0. The standard InChI is InChI=1S/C5H9F3I/c1-3-4(2)9-5(6,7)8/h4H,3H2,1-2H3/q-1/t4-/m1/s1. The molecule has 0 unspecified atom stereocenters. The van der Waals surface area contributed by atoms with Crippen molar-refractivity contribution in [2.45, 2.75) is 28.4 Å². The first kappa shape index (κ1) is 9.52. The average molecular weight is 253 g/mol. The van der Waals surface area contributed by atoms with E-state index in [2.05, 4.69) is 0 Å². The van der Waals surface area contributed by atoms with Crippen LogP contribution < -0.4 is 21.2 Å². The van der Waals surface area contributed by atoms with Gasteiger partial charge < -0.3 is 0 Å². The minimum atomic E-state index is -3.87. The molecule has 0 rings (SSSR count). The SMILES string of the molecule is CC[C@@H](C)[I-]C(F)(F)F. The Kier molecular flexibility index (Phi) is 3.84. The van der Waals surface area contributed by atoms with Gasteiger partial charge in [0.15, 0.2) is 0 Å². The summed E-state index contributed by atoms with van der Waals surface area (Å²) in [6.07, 6.45) is 0.646. The van der Waals surface area contributed by atoms with Gasteiger partial charge in [0.25, 0.3) is 0 Å². The third kappa shape index (κ3) is 6.40. The predicted octanol–water partition coefficient (Wildman–Crippen LogP) is -0.606. The van der Waals surface area contributed by atoms with Gasteiger partial charge in [-0.2, -0.15) is 0 Å². The van der Waals surface area contributed by atoms with Gasteiger partial charge >= 0.3 is 62.8 Å². The van der Waals surface area contributed by atoms with Crippen molar-refractivity contribution >= 4 is 0 Å². The molecule has 0 saturated carbocycles. The Labute approximate surface area is 63.1 Å². The van der Waals surface area contributed by atoms with Crippen LogP contribution in [-0.4, -0.2) is 8.11 Å². The van der Waals surface area contributed by atoms with E-state index in [1.807, 2.05) is 0 Å². The van der Waals surface area contributed by atoms with E-state index in [0.29, 0.717) is 6.42 Å². The normalized spacial score (nSPS) is 16.1. The van der Waals surface area contributed by atoms with Crippen molar-refractivity contribution in [3.8, 4) is 0 Å². The molecule has 0 fully saturated rings. The van der Waals surface area contributed by atoms with E-state index in [1.54, 1.807) is 13.8 Å². The topological polar surface area (TPSA) is 0 Å². The van der Waals surface area contributed by atoms with Crippen molar-refractivity contribution in [3.63, 3.8) is 0 Å². The van der Waals surface area contributed by atoms with Crippen molar-refractivity contribution < 1.29 is 34.4 Å². The third-order valence-corrected chi connectivity index (χ3v) is 3.52. The molecule has 0 radical (unpaired) electrons. The number of hydrogen-bond acceptors (Lipinski definition) is 0. The monoisotopic (exact) mass is 253 g/mol. The molecule has 1 atom stereocenters. The first-order valence-corrected chi connectivity index (χ1v) is 4.99. The molecule has 0 aromatic carbocycles. The molecule has 0 bridgehead atoms. The summed E-state index contributed by atoms with van der Waals surface area (Å²) < 4.78 is 30.6. The Bertz CT molecular complexity index is 78.8. The first-order valence-electron chi connectivity index (χ1n) is 2.67. The molecular formula is C5H9F3I-. The third-order valence-electron chi connectivity index (χ3n) is 0.873. The Hall–Kier alpha value is 0.520. The maximum absolute atomic E-state index is 11.5. The number of alkyl halides is 5. The van der Waals surface area contributed by atoms with Crippen molar-refractivity contribution in [1.82, 2.24) is 0 Å². The zero-order valence-electron chi connectivity index (χ0n) is 5.30. The van der Waals surface area contributed by atoms with Gasteiger partial charge in [0.1, 0.15) is 0 Å². The second-order valence-corrected chi connectivity index (χ2v) is 5.70. The van der Waals surface area contributed by atoms with Crippen LogP contribution >= 0.6 is 0 Å². The van der Waals surface area contributed by atoms with E-state index in [-0.39, 0.29) is 3.92 Å². The Balaban J connectivity index is 3.47. The maximum atomic E-state index is 11.5. The predicted molar refractivity (Wildman–Crippen MR) is 25.8 cm³/mol. The van der Waals surface area contributed by atoms with E-state index in [1.165, 1.54) is 0 Å². The van der Waals surface area contributed by atoms with E-state index < -0.39 is 25.4 Å². The van der Waals surface area contributed by atoms with E-state index in [4.69, 9.17) is 0 Å². The van der Waals surface area contributed by atoms with Gasteiger partial charge in [-0.1, -0.05) is 0 Å². The van der Waals surface area contributed by atoms with Crippen LogP contribution in [-0.2, 0) is 0 Å². The molecule has 0 aliphatic carbocycles. The van der Waals surface area contributed by atoms with Gasteiger partial charge in [-0.3, -0.25) is 0 Å². The second-order valence-electron chi connectivity index (χ2n) is 1.73. The van der Waals surface area contributed by atoms with Crippen LogP contribution in [0.15, 0.2) is 0 Å². The molecule has 0 nitrogen and oxygen atoms in total. The van der Waals surface area contributed by atoms with Gasteiger partial charge in [-0.25, -0.2) is 0 Å². The molecule has 0 saturated heterocycles. The summed E-state index contributed by atoms with van der Waals surface area (Å²) in [5.74, 6) is 0. The van der Waals surface area contributed by atoms with Crippen LogP contribution in [0, 0.1) is 0 Å². The molecule has 0 amide bonds. The Morgan fingerprint density at radius 2 is 1.89 bits per heavy atom. The summed E-state index contributed by atoms with van der Waals surface area (Å²) in [4.78, 5) is 0. The van der Waals surface area contributed by atoms with Crippen LogP contribution in [0.25, 0.3) is 0 Å². The van der Waals surface area contributed by atoms with Gasteiger partial charge in [-0.15, -0.1) is 0 Å². The summed E-state index contributed by atoms with van der Waals surface area (Å²) in [6, 6.07) is 0. The van der Waals surface area contributed by atoms with Crippen LogP contribution in [0.2, 0.25) is 0 Å². The molecule has 0 aromatic heterocycles. The van der Waals surface area contributed by atoms with Crippen LogP contribution in [0.1, 0.15) is 20.3 Å². The molecule has 0 aromatic rings. The second kappa shape index (κ2) is 3.63. The molecule has 0 N–H and O–H groups in total. The van der Waals surface area contributed by atoms with Crippen LogP contribution in [0.5, 0.6) is 0 Å². The quantitative estimate of drug-likeness (QED) is 0.455. The van der Waals surface area contributed by atoms with Crippen molar-refractivity contribution in [1.29, 1.82) is 0 Å². The first-order chi connectivity index (χ1) is 3.95. The van der Waals surface area contributed by atoms with Gasteiger partial charge in [0.05, 0.1) is 0 Å². The molecule has 0 spiro atoms. The molecule has 0 aliphatic heterocycles. The molecular weight excluding hydrogens is 244 g/mol. The van der Waals surface area contributed by atoms with E-state index in [0.717, 1.165) is 0 Å². The zero-order valence-corrected chi connectivity index (χ0v) is 7.45. The number of halogens is 4. The summed E-state index contributed by atoms with van der Waals surface area (Å²) in [5.41, 5.74) is 0. The Morgan fingerprint density at radius 3 is 2.00 bits per heavy atom. The summed E-state index contributed by atoms with van der Waals surface area (Å²) in [5, 5.41) is 0. The van der Waals surface area contributed by atoms with E-state index >= 15 is 0 Å². The minimum absolute atomic E-state index is 0.121. The molecule has 0 aliphatic rings. The van der Waals surface area contributed by atoms with Gasteiger partial charge in [0.2, 0.25) is 0 Å². The van der Waals surface area contributed by atoms with Crippen molar-refractivity contribution in [3.05, 3.63) is 0 Å². The van der Waals surface area contributed by atoms with Crippen LogP contribution in [0.4, 0.5) is 13.2 Å². The molecule has 9 heavy (non-hydrogen) atoms. The fourth-order valence-corrected chi connectivity index (χ4v) is 1.93. The van der Waals surface area contributed by atoms with Crippen molar-refractivity contribution in [2.75, 3.05) is 0 Å². The summed E-state index contributed by atoms with van der Waals surface area (Å²) >= 11 is -1.58. The van der Waals surface area contributed by atoms with E-state index in [9.17, 15) is 13.2 Å². The zero-order chi connectivity index (χ0) is 7.49.